The number of rotatable bonds is 7. The van der Waals surface area contributed by atoms with Gasteiger partial charge in [0.1, 0.15) is 34.4 Å². The lowest BCUT2D eigenvalue weighted by molar-refractivity contribution is -0.125. The molecule has 1 atom stereocenters. The molecule has 2 aromatic heterocycles. The van der Waals surface area contributed by atoms with Gasteiger partial charge in [-0.1, -0.05) is 48.0 Å². The highest BCUT2D eigenvalue weighted by atomic mass is 35.5. The Morgan fingerprint density at radius 3 is 2.59 bits per heavy atom. The van der Waals surface area contributed by atoms with Crippen LogP contribution in [0.3, 0.4) is 0 Å². The molecule has 5 rings (SSSR count). The normalized spacial score (nSPS) is 15.8. The summed E-state index contributed by atoms with van der Waals surface area (Å²) < 4.78 is 7.93. The van der Waals surface area contributed by atoms with Crippen molar-refractivity contribution in [1.82, 2.24) is 24.3 Å². The third-order valence-corrected chi connectivity index (χ3v) is 6.82. The number of para-hydroxylation sites is 1. The zero-order valence-electron chi connectivity index (χ0n) is 20.8. The summed E-state index contributed by atoms with van der Waals surface area (Å²) >= 11 is 7.04. The van der Waals surface area contributed by atoms with Crippen LogP contribution in [-0.2, 0) is 4.79 Å². The summed E-state index contributed by atoms with van der Waals surface area (Å²) in [5.74, 6) is 1.84. The highest BCUT2D eigenvalue weighted by Gasteiger charge is 2.31. The highest BCUT2D eigenvalue weighted by Crippen LogP contribution is 2.43. The third kappa shape index (κ3) is 5.16. The van der Waals surface area contributed by atoms with Gasteiger partial charge in [-0.05, 0) is 50.3 Å². The number of anilines is 1. The van der Waals surface area contributed by atoms with Crippen LogP contribution in [0.5, 0.6) is 11.5 Å². The maximum Gasteiger partial charge on any atom is 0.246 e. The summed E-state index contributed by atoms with van der Waals surface area (Å²) in [6, 6.07) is 17.3. The number of nitrogens with zero attached hydrogens (tertiary/aromatic N) is 5. The molecule has 0 spiro atoms. The van der Waals surface area contributed by atoms with Crippen LogP contribution in [0.4, 0.5) is 5.82 Å². The summed E-state index contributed by atoms with van der Waals surface area (Å²) in [6.45, 7) is 1.90. The lowest BCUT2D eigenvalue weighted by Gasteiger charge is -2.17. The van der Waals surface area contributed by atoms with Crippen LogP contribution in [0.2, 0.25) is 5.15 Å². The average molecular weight is 517 g/mol. The number of fused-ring (bicyclic) bond motifs is 1. The number of nitrogens with two attached hydrogens (primary N) is 1. The van der Waals surface area contributed by atoms with E-state index in [9.17, 15) is 4.79 Å². The van der Waals surface area contributed by atoms with Crippen molar-refractivity contribution >= 4 is 34.4 Å². The first-order chi connectivity index (χ1) is 17.9. The van der Waals surface area contributed by atoms with Crippen LogP contribution in [-0.4, -0.2) is 64.0 Å². The molecular formula is C28H29ClN6O2. The minimum absolute atomic E-state index is 0.000280. The Kier molecular flexibility index (Phi) is 7.12. The Hall–Kier alpha value is -3.88. The molecule has 190 valence electrons. The van der Waals surface area contributed by atoms with Crippen molar-refractivity contribution in [1.29, 1.82) is 0 Å². The van der Waals surface area contributed by atoms with Gasteiger partial charge in [0.15, 0.2) is 0 Å². The van der Waals surface area contributed by atoms with E-state index < -0.39 is 0 Å². The molecule has 0 bridgehead atoms. The van der Waals surface area contributed by atoms with E-state index in [1.54, 1.807) is 6.08 Å². The minimum atomic E-state index is -0.0232. The number of carbonyl (C=O) groups excluding carboxylic acids is 1. The number of halogens is 1. The highest BCUT2D eigenvalue weighted by molar-refractivity contribution is 6.35. The van der Waals surface area contributed by atoms with Gasteiger partial charge in [0, 0.05) is 31.3 Å². The topological polar surface area (TPSA) is 89.5 Å². The van der Waals surface area contributed by atoms with E-state index in [4.69, 9.17) is 22.1 Å². The minimum Gasteiger partial charge on any atom is -0.457 e. The zero-order chi connectivity index (χ0) is 25.9. The molecule has 8 nitrogen and oxygen atoms in total. The van der Waals surface area contributed by atoms with Gasteiger partial charge in [-0.15, -0.1) is 0 Å². The van der Waals surface area contributed by atoms with Crippen molar-refractivity contribution < 1.29 is 9.53 Å². The maximum absolute atomic E-state index is 12.7. The van der Waals surface area contributed by atoms with E-state index >= 15 is 0 Å². The molecule has 3 heterocycles. The molecule has 1 saturated heterocycles. The Morgan fingerprint density at radius 2 is 1.86 bits per heavy atom. The second kappa shape index (κ2) is 10.6. The molecule has 1 aliphatic heterocycles. The molecule has 0 radical (unpaired) electrons. The van der Waals surface area contributed by atoms with Gasteiger partial charge in [-0.2, -0.15) is 0 Å². The number of amides is 1. The van der Waals surface area contributed by atoms with Gasteiger partial charge < -0.3 is 24.8 Å². The Morgan fingerprint density at radius 1 is 1.14 bits per heavy atom. The summed E-state index contributed by atoms with van der Waals surface area (Å²) in [4.78, 5) is 25.3. The van der Waals surface area contributed by atoms with Crippen molar-refractivity contribution in [2.24, 2.45) is 0 Å². The number of carbonyl (C=O) groups is 1. The van der Waals surface area contributed by atoms with Crippen LogP contribution in [0.1, 0.15) is 12.5 Å². The molecule has 0 saturated carbocycles. The van der Waals surface area contributed by atoms with Crippen LogP contribution in [0.15, 0.2) is 73.1 Å². The molecule has 1 fully saturated rings. The van der Waals surface area contributed by atoms with Crippen LogP contribution in [0, 0.1) is 0 Å². The molecule has 0 aliphatic carbocycles. The van der Waals surface area contributed by atoms with Gasteiger partial charge in [0.25, 0.3) is 0 Å². The predicted octanol–water partition coefficient (Wildman–Crippen LogP) is 5.02. The van der Waals surface area contributed by atoms with Crippen LogP contribution >= 0.6 is 11.6 Å². The zero-order valence-corrected chi connectivity index (χ0v) is 21.6. The van der Waals surface area contributed by atoms with Gasteiger partial charge in [0.2, 0.25) is 5.91 Å². The fraction of sp³-hybridized carbons (Fsp3) is 0.250. The largest absolute Gasteiger partial charge is 0.457 e. The smallest absolute Gasteiger partial charge is 0.246 e. The summed E-state index contributed by atoms with van der Waals surface area (Å²) in [5.41, 5.74) is 8.66. The van der Waals surface area contributed by atoms with E-state index in [-0.39, 0.29) is 11.9 Å². The first kappa shape index (κ1) is 24.8. The number of hydrogen-bond acceptors (Lipinski definition) is 6. The Balaban J connectivity index is 1.45. The van der Waals surface area contributed by atoms with E-state index in [0.29, 0.717) is 47.4 Å². The second-order valence-electron chi connectivity index (χ2n) is 9.32. The van der Waals surface area contributed by atoms with Gasteiger partial charge in [-0.3, -0.25) is 4.79 Å². The second-order valence-corrected chi connectivity index (χ2v) is 9.68. The molecule has 4 aromatic rings. The first-order valence-corrected chi connectivity index (χ1v) is 12.5. The molecule has 1 unspecified atom stereocenters. The Bertz CT molecular complexity index is 1430. The fourth-order valence-electron chi connectivity index (χ4n) is 4.66. The van der Waals surface area contributed by atoms with Crippen molar-refractivity contribution in [3.8, 4) is 22.6 Å². The monoisotopic (exact) mass is 516 g/mol. The van der Waals surface area contributed by atoms with Crippen molar-refractivity contribution in [2.75, 3.05) is 39.5 Å². The molecule has 2 aromatic carbocycles. The number of nitrogen functional groups attached to an aromatic ring is 1. The molecule has 9 heteroatoms. The number of benzene rings is 2. The van der Waals surface area contributed by atoms with Crippen LogP contribution in [0.25, 0.3) is 22.2 Å². The molecule has 1 amide bonds. The molecular weight excluding hydrogens is 488 g/mol. The van der Waals surface area contributed by atoms with E-state index in [2.05, 4.69) is 9.97 Å². The molecule has 1 aliphatic rings. The average Bonchev–Trinajstić information content (AvgIpc) is 3.48. The fourth-order valence-corrected chi connectivity index (χ4v) is 5.08. The number of likely N-dealkylation sites (tertiary alicyclic amines) is 1. The number of hydrogen-bond donors (Lipinski definition) is 1. The SMILES string of the molecule is CN(C)C/C=C/C(=O)N1CCC(n2c(Cl)c(-c3ccc(Oc4ccccc4)cc3)c3c(N)ncnc32)C1. The number of likely N-dealkylation sites (N-methyl/N-ethyl adjacent to an activating group) is 1. The van der Waals surface area contributed by atoms with Gasteiger partial charge in [-0.25, -0.2) is 9.97 Å². The molecule has 37 heavy (non-hydrogen) atoms. The van der Waals surface area contributed by atoms with E-state index in [1.807, 2.05) is 89.1 Å². The summed E-state index contributed by atoms with van der Waals surface area (Å²) in [7, 11) is 3.93. The maximum atomic E-state index is 12.7. The first-order valence-electron chi connectivity index (χ1n) is 12.2. The van der Waals surface area contributed by atoms with Gasteiger partial charge >= 0.3 is 0 Å². The van der Waals surface area contributed by atoms with Crippen LogP contribution < -0.4 is 10.5 Å². The summed E-state index contributed by atoms with van der Waals surface area (Å²) in [6.07, 6.45) is 5.74. The number of ether oxygens (including phenoxy) is 1. The van der Waals surface area contributed by atoms with Crippen molar-refractivity contribution in [3.63, 3.8) is 0 Å². The summed E-state index contributed by atoms with van der Waals surface area (Å²) in [5, 5.41) is 1.24. The van der Waals surface area contributed by atoms with Gasteiger partial charge in [0.05, 0.1) is 11.4 Å². The molecule has 2 N–H and O–H groups in total. The lowest BCUT2D eigenvalue weighted by Crippen LogP contribution is -2.27. The Labute approximate surface area is 220 Å². The predicted molar refractivity (Wildman–Crippen MR) is 147 cm³/mol. The third-order valence-electron chi connectivity index (χ3n) is 6.45. The van der Waals surface area contributed by atoms with E-state index in [0.717, 1.165) is 23.3 Å². The van der Waals surface area contributed by atoms with Crippen molar-refractivity contribution in [3.05, 3.63) is 78.2 Å². The standard InChI is InChI=1S/C28H29ClN6O2/c1-33(2)15-6-9-23(36)34-16-14-20(17-34)35-26(29)24(25-27(30)31-18-32-28(25)35)19-10-12-22(13-11-19)37-21-7-4-3-5-8-21/h3-13,18,20H,14-17H2,1-2H3,(H2,30,31,32)/b9-6+. The quantitative estimate of drug-likeness (QED) is 0.347. The van der Waals surface area contributed by atoms with Crippen molar-refractivity contribution in [2.45, 2.75) is 12.5 Å². The van der Waals surface area contributed by atoms with E-state index in [1.165, 1.54) is 6.33 Å². The number of aromatic nitrogens is 3. The lowest BCUT2D eigenvalue weighted by atomic mass is 10.1.